The van der Waals surface area contributed by atoms with Gasteiger partial charge in [0, 0.05) is 25.2 Å². The van der Waals surface area contributed by atoms with Gasteiger partial charge in [0.05, 0.1) is 5.56 Å². The molecule has 1 saturated heterocycles. The normalized spacial score (nSPS) is 19.1. The number of rotatable bonds is 7. The second-order valence-corrected chi connectivity index (χ2v) is 10.3. The number of phenolic OH excluding ortho intramolecular Hbond substituents is 2. The van der Waals surface area contributed by atoms with Gasteiger partial charge in [-0.15, -0.1) is 0 Å². The SMILES string of the molecule is CC(C)c1cc(C(=O)N2CCC(N[C@](C(=O)O)(c3ccccc3)C3CCCC3)CC2)c(O)cc1O. The topological polar surface area (TPSA) is 110 Å². The number of likely N-dealkylation sites (tertiary alicyclic amines) is 1. The highest BCUT2D eigenvalue weighted by atomic mass is 16.4. The molecule has 188 valence electrons. The number of carboxylic acids is 1. The number of amides is 1. The fourth-order valence-corrected chi connectivity index (χ4v) is 5.80. The highest BCUT2D eigenvalue weighted by Crippen LogP contribution is 2.42. The maximum atomic E-state index is 13.2. The number of nitrogens with one attached hydrogen (secondary N) is 1. The lowest BCUT2D eigenvalue weighted by molar-refractivity contribution is -0.149. The molecule has 2 aromatic carbocycles. The Bertz CT molecular complexity index is 1060. The molecule has 4 N–H and O–H groups in total. The summed E-state index contributed by atoms with van der Waals surface area (Å²) in [5, 5.41) is 34.5. The molecule has 1 aliphatic heterocycles. The van der Waals surface area contributed by atoms with E-state index in [0.29, 0.717) is 31.5 Å². The molecule has 1 atom stereocenters. The van der Waals surface area contributed by atoms with Gasteiger partial charge in [0.1, 0.15) is 17.0 Å². The van der Waals surface area contributed by atoms with Gasteiger partial charge in [-0.25, -0.2) is 4.79 Å². The fourth-order valence-electron chi connectivity index (χ4n) is 5.80. The van der Waals surface area contributed by atoms with Gasteiger partial charge in [0.25, 0.3) is 5.91 Å². The van der Waals surface area contributed by atoms with Crippen LogP contribution in [0.25, 0.3) is 0 Å². The van der Waals surface area contributed by atoms with Gasteiger partial charge in [-0.1, -0.05) is 57.0 Å². The predicted molar refractivity (Wildman–Crippen MR) is 134 cm³/mol. The maximum Gasteiger partial charge on any atom is 0.328 e. The van der Waals surface area contributed by atoms with Crippen molar-refractivity contribution in [2.75, 3.05) is 13.1 Å². The van der Waals surface area contributed by atoms with Crippen LogP contribution in [0.15, 0.2) is 42.5 Å². The molecule has 1 heterocycles. The number of aromatic hydroxyl groups is 2. The first-order valence-corrected chi connectivity index (χ1v) is 12.7. The Morgan fingerprint density at radius 2 is 1.60 bits per heavy atom. The highest BCUT2D eigenvalue weighted by molar-refractivity contribution is 5.97. The molecule has 0 radical (unpaired) electrons. The Hall–Kier alpha value is -3.06. The zero-order chi connectivity index (χ0) is 25.2. The molecular weight excluding hydrogens is 444 g/mol. The van der Waals surface area contributed by atoms with Crippen LogP contribution in [0, 0.1) is 5.92 Å². The molecule has 7 heteroatoms. The highest BCUT2D eigenvalue weighted by Gasteiger charge is 2.49. The Kier molecular flexibility index (Phi) is 7.36. The molecule has 0 spiro atoms. The fraction of sp³-hybridized carbons (Fsp3) is 0.500. The molecule has 35 heavy (non-hydrogen) atoms. The molecule has 0 bridgehead atoms. The van der Waals surface area contributed by atoms with E-state index in [1.165, 1.54) is 6.07 Å². The van der Waals surface area contributed by atoms with E-state index in [4.69, 9.17) is 0 Å². The van der Waals surface area contributed by atoms with E-state index in [1.807, 2.05) is 44.2 Å². The predicted octanol–water partition coefficient (Wildman–Crippen LogP) is 4.59. The molecule has 1 saturated carbocycles. The molecule has 0 aromatic heterocycles. The van der Waals surface area contributed by atoms with E-state index in [1.54, 1.807) is 11.0 Å². The van der Waals surface area contributed by atoms with Crippen molar-refractivity contribution in [3.05, 3.63) is 59.2 Å². The molecule has 2 aromatic rings. The largest absolute Gasteiger partial charge is 0.508 e. The number of hydrogen-bond donors (Lipinski definition) is 4. The number of carbonyl (C=O) groups is 2. The van der Waals surface area contributed by atoms with Crippen molar-refractivity contribution in [2.24, 2.45) is 5.92 Å². The van der Waals surface area contributed by atoms with E-state index in [0.717, 1.165) is 31.2 Å². The van der Waals surface area contributed by atoms with E-state index < -0.39 is 11.5 Å². The third-order valence-corrected chi connectivity index (χ3v) is 7.75. The zero-order valence-corrected chi connectivity index (χ0v) is 20.5. The summed E-state index contributed by atoms with van der Waals surface area (Å²) in [6, 6.07) is 12.2. The Morgan fingerprint density at radius 1 is 0.971 bits per heavy atom. The summed E-state index contributed by atoms with van der Waals surface area (Å²) in [4.78, 5) is 27.7. The molecular formula is C28H36N2O5. The van der Waals surface area contributed by atoms with Crippen LogP contribution in [-0.2, 0) is 10.3 Å². The number of phenols is 2. The van der Waals surface area contributed by atoms with Gasteiger partial charge in [-0.2, -0.15) is 0 Å². The Labute approximate surface area is 206 Å². The van der Waals surface area contributed by atoms with Crippen molar-refractivity contribution >= 4 is 11.9 Å². The van der Waals surface area contributed by atoms with Gasteiger partial charge in [-0.3, -0.25) is 10.1 Å². The zero-order valence-electron chi connectivity index (χ0n) is 20.5. The van der Waals surface area contributed by atoms with Crippen molar-refractivity contribution in [3.63, 3.8) is 0 Å². The van der Waals surface area contributed by atoms with Crippen LogP contribution in [0.2, 0.25) is 0 Å². The third kappa shape index (κ3) is 4.87. The lowest BCUT2D eigenvalue weighted by Gasteiger charge is -2.42. The molecule has 7 nitrogen and oxygen atoms in total. The minimum atomic E-state index is -1.14. The molecule has 1 amide bonds. The van der Waals surface area contributed by atoms with Crippen LogP contribution in [0.1, 0.15) is 79.8 Å². The number of benzene rings is 2. The minimum Gasteiger partial charge on any atom is -0.508 e. The average Bonchev–Trinajstić information content (AvgIpc) is 3.38. The van der Waals surface area contributed by atoms with Crippen molar-refractivity contribution in [2.45, 2.75) is 69.9 Å². The van der Waals surface area contributed by atoms with Crippen molar-refractivity contribution in [3.8, 4) is 11.5 Å². The standard InChI is InChI=1S/C28H36N2O5/c1-18(2)22-16-23(25(32)17-24(22)31)26(33)30-14-12-21(13-15-30)29-28(27(34)35,20-10-6-7-11-20)19-8-4-3-5-9-19/h3-5,8-9,16-18,20-21,29,31-32H,6-7,10-15H2,1-2H3,(H,34,35)/t28-/m1/s1. The Balaban J connectivity index is 1.51. The summed E-state index contributed by atoms with van der Waals surface area (Å²) < 4.78 is 0. The summed E-state index contributed by atoms with van der Waals surface area (Å²) in [5.41, 5.74) is 0.449. The summed E-state index contributed by atoms with van der Waals surface area (Å²) >= 11 is 0. The summed E-state index contributed by atoms with van der Waals surface area (Å²) in [5.74, 6) is -1.34. The quantitative estimate of drug-likeness (QED) is 0.462. The number of carboxylic acid groups (broad SMARTS) is 1. The number of aliphatic carboxylic acids is 1. The van der Waals surface area contributed by atoms with Gasteiger partial charge < -0.3 is 20.2 Å². The molecule has 4 rings (SSSR count). The first kappa shape index (κ1) is 25.0. The van der Waals surface area contributed by atoms with E-state index in [9.17, 15) is 24.9 Å². The van der Waals surface area contributed by atoms with E-state index in [2.05, 4.69) is 5.32 Å². The van der Waals surface area contributed by atoms with Crippen LogP contribution in [0.3, 0.4) is 0 Å². The van der Waals surface area contributed by atoms with Crippen LogP contribution in [0.4, 0.5) is 0 Å². The first-order chi connectivity index (χ1) is 16.7. The van der Waals surface area contributed by atoms with Crippen LogP contribution < -0.4 is 5.32 Å². The Morgan fingerprint density at radius 3 is 2.17 bits per heavy atom. The van der Waals surface area contributed by atoms with Crippen LogP contribution in [-0.4, -0.2) is 51.2 Å². The average molecular weight is 481 g/mol. The smallest absolute Gasteiger partial charge is 0.328 e. The van der Waals surface area contributed by atoms with E-state index >= 15 is 0 Å². The van der Waals surface area contributed by atoms with Crippen LogP contribution >= 0.6 is 0 Å². The first-order valence-electron chi connectivity index (χ1n) is 12.7. The van der Waals surface area contributed by atoms with Crippen molar-refractivity contribution in [1.82, 2.24) is 10.2 Å². The number of piperidine rings is 1. The summed E-state index contributed by atoms with van der Waals surface area (Å²) in [6.07, 6.45) is 5.07. The van der Waals surface area contributed by atoms with Gasteiger partial charge >= 0.3 is 5.97 Å². The maximum absolute atomic E-state index is 13.2. The number of nitrogens with zero attached hydrogens (tertiary/aromatic N) is 1. The van der Waals surface area contributed by atoms with Gasteiger partial charge in [0.2, 0.25) is 0 Å². The van der Waals surface area contributed by atoms with Crippen LogP contribution in [0.5, 0.6) is 11.5 Å². The lowest BCUT2D eigenvalue weighted by atomic mass is 9.75. The number of carbonyl (C=O) groups excluding carboxylic acids is 1. The van der Waals surface area contributed by atoms with Crippen molar-refractivity contribution in [1.29, 1.82) is 0 Å². The second kappa shape index (κ2) is 10.3. The molecule has 2 aliphatic rings. The molecule has 0 unspecified atom stereocenters. The monoisotopic (exact) mass is 480 g/mol. The second-order valence-electron chi connectivity index (χ2n) is 10.3. The molecule has 1 aliphatic carbocycles. The summed E-state index contributed by atoms with van der Waals surface area (Å²) in [6.45, 7) is 4.76. The van der Waals surface area contributed by atoms with E-state index in [-0.39, 0.29) is 40.8 Å². The minimum absolute atomic E-state index is 0.00908. The summed E-state index contributed by atoms with van der Waals surface area (Å²) in [7, 11) is 0. The van der Waals surface area contributed by atoms with Crippen molar-refractivity contribution < 1.29 is 24.9 Å². The van der Waals surface area contributed by atoms with Gasteiger partial charge in [0.15, 0.2) is 0 Å². The lowest BCUT2D eigenvalue weighted by Crippen LogP contribution is -2.59. The number of hydrogen-bond acceptors (Lipinski definition) is 5. The third-order valence-electron chi connectivity index (χ3n) is 7.75. The molecule has 2 fully saturated rings. The van der Waals surface area contributed by atoms with Gasteiger partial charge in [-0.05, 0) is 54.7 Å².